The van der Waals surface area contributed by atoms with Gasteiger partial charge in [-0.15, -0.1) is 0 Å². The molecule has 1 aromatic carbocycles. The molecule has 2 aromatic rings. The minimum atomic E-state index is 0.546. The lowest BCUT2D eigenvalue weighted by atomic mass is 9.86. The molecule has 0 spiro atoms. The summed E-state index contributed by atoms with van der Waals surface area (Å²) in [4.78, 5) is 4.93. The summed E-state index contributed by atoms with van der Waals surface area (Å²) in [6, 6.07) is 7.11. The van der Waals surface area contributed by atoms with E-state index in [1.54, 1.807) is 11.1 Å². The maximum Gasteiger partial charge on any atom is 0.0736 e. The van der Waals surface area contributed by atoms with E-state index in [4.69, 9.17) is 4.98 Å². The molecular weight excluding hydrogens is 302 g/mol. The number of benzene rings is 1. The number of fused-ring (bicyclic) bond motifs is 1. The molecule has 134 valence electrons. The SMILES string of the molecule is CCc1cnc(-c2ccc3c(c2)C(C(C)C)CC3)c(CC)c1C(C)C. The molecule has 1 aliphatic rings. The molecule has 1 heterocycles. The van der Waals surface area contributed by atoms with E-state index in [1.807, 2.05) is 0 Å². The Morgan fingerprint density at radius 2 is 1.84 bits per heavy atom. The minimum absolute atomic E-state index is 0.546. The molecular formula is C24H33N. The van der Waals surface area contributed by atoms with Crippen LogP contribution < -0.4 is 0 Å². The van der Waals surface area contributed by atoms with Gasteiger partial charge in [0.25, 0.3) is 0 Å². The molecule has 0 radical (unpaired) electrons. The predicted molar refractivity (Wildman–Crippen MR) is 108 cm³/mol. The molecule has 0 aliphatic heterocycles. The highest BCUT2D eigenvalue weighted by Crippen LogP contribution is 2.41. The number of pyridine rings is 1. The molecule has 1 aliphatic carbocycles. The molecule has 1 atom stereocenters. The molecule has 0 fully saturated rings. The van der Waals surface area contributed by atoms with Gasteiger partial charge in [-0.3, -0.25) is 4.98 Å². The van der Waals surface area contributed by atoms with Crippen molar-refractivity contribution in [3.63, 3.8) is 0 Å². The summed E-state index contributed by atoms with van der Waals surface area (Å²) in [6.07, 6.45) is 6.77. The highest BCUT2D eigenvalue weighted by molar-refractivity contribution is 5.68. The lowest BCUT2D eigenvalue weighted by Crippen LogP contribution is -2.06. The smallest absolute Gasteiger partial charge is 0.0736 e. The predicted octanol–water partition coefficient (Wildman–Crippen LogP) is 6.68. The number of rotatable bonds is 5. The Bertz CT molecular complexity index is 755. The molecule has 1 nitrogen and oxygen atoms in total. The molecule has 0 saturated heterocycles. The van der Waals surface area contributed by atoms with E-state index in [9.17, 15) is 0 Å². The van der Waals surface area contributed by atoms with Gasteiger partial charge in [-0.25, -0.2) is 0 Å². The van der Waals surface area contributed by atoms with Crippen LogP contribution in [0.4, 0.5) is 0 Å². The van der Waals surface area contributed by atoms with Crippen molar-refractivity contribution in [1.82, 2.24) is 4.98 Å². The molecule has 1 unspecified atom stereocenters. The summed E-state index contributed by atoms with van der Waals surface area (Å²) in [6.45, 7) is 13.9. The van der Waals surface area contributed by atoms with Crippen LogP contribution in [0.1, 0.15) is 87.6 Å². The number of hydrogen-bond acceptors (Lipinski definition) is 1. The Morgan fingerprint density at radius 1 is 1.08 bits per heavy atom. The van der Waals surface area contributed by atoms with Crippen LogP contribution in [-0.2, 0) is 19.3 Å². The number of hydrogen-bond donors (Lipinski definition) is 0. The Hall–Kier alpha value is -1.63. The summed E-state index contributed by atoms with van der Waals surface area (Å²) >= 11 is 0. The van der Waals surface area contributed by atoms with E-state index in [1.165, 1.54) is 40.8 Å². The van der Waals surface area contributed by atoms with E-state index in [2.05, 4.69) is 65.9 Å². The van der Waals surface area contributed by atoms with Gasteiger partial charge in [0.15, 0.2) is 0 Å². The summed E-state index contributed by atoms with van der Waals surface area (Å²) in [5.74, 6) is 1.97. The van der Waals surface area contributed by atoms with E-state index in [-0.39, 0.29) is 0 Å². The largest absolute Gasteiger partial charge is 0.256 e. The van der Waals surface area contributed by atoms with Gasteiger partial charge in [0, 0.05) is 11.8 Å². The summed E-state index contributed by atoms with van der Waals surface area (Å²) in [5.41, 5.74) is 10.0. The van der Waals surface area contributed by atoms with Crippen LogP contribution in [0.5, 0.6) is 0 Å². The van der Waals surface area contributed by atoms with Gasteiger partial charge in [-0.05, 0) is 77.3 Å². The lowest BCUT2D eigenvalue weighted by molar-refractivity contribution is 0.496. The third-order valence-corrected chi connectivity index (χ3v) is 5.97. The Balaban J connectivity index is 2.15. The molecule has 1 aromatic heterocycles. The monoisotopic (exact) mass is 335 g/mol. The normalized spacial score (nSPS) is 16.7. The van der Waals surface area contributed by atoms with Crippen molar-refractivity contribution < 1.29 is 0 Å². The third-order valence-electron chi connectivity index (χ3n) is 5.97. The van der Waals surface area contributed by atoms with Crippen LogP contribution in [0.15, 0.2) is 24.4 Å². The Labute approximate surface area is 153 Å². The second kappa shape index (κ2) is 7.32. The topological polar surface area (TPSA) is 12.9 Å². The summed E-state index contributed by atoms with van der Waals surface area (Å²) < 4.78 is 0. The average Bonchev–Trinajstić information content (AvgIpc) is 3.03. The first-order valence-corrected chi connectivity index (χ1v) is 10.1. The summed E-state index contributed by atoms with van der Waals surface area (Å²) in [5, 5.41) is 0. The van der Waals surface area contributed by atoms with Crippen LogP contribution in [0, 0.1) is 5.92 Å². The highest BCUT2D eigenvalue weighted by atomic mass is 14.7. The molecule has 1 heteroatoms. The van der Waals surface area contributed by atoms with Crippen LogP contribution in [0.3, 0.4) is 0 Å². The van der Waals surface area contributed by atoms with Gasteiger partial charge in [0.2, 0.25) is 0 Å². The molecule has 0 N–H and O–H groups in total. The van der Waals surface area contributed by atoms with Crippen molar-refractivity contribution in [2.75, 3.05) is 0 Å². The Kier molecular flexibility index (Phi) is 5.32. The van der Waals surface area contributed by atoms with Crippen molar-refractivity contribution in [3.8, 4) is 11.3 Å². The van der Waals surface area contributed by atoms with E-state index in [0.29, 0.717) is 17.8 Å². The first-order chi connectivity index (χ1) is 12.0. The van der Waals surface area contributed by atoms with Crippen LogP contribution in [0.2, 0.25) is 0 Å². The zero-order chi connectivity index (χ0) is 18.1. The Morgan fingerprint density at radius 3 is 2.44 bits per heavy atom. The fourth-order valence-electron chi connectivity index (χ4n) is 4.69. The van der Waals surface area contributed by atoms with Crippen molar-refractivity contribution in [3.05, 3.63) is 52.2 Å². The number of aryl methyl sites for hydroxylation is 2. The van der Waals surface area contributed by atoms with Crippen LogP contribution in [-0.4, -0.2) is 4.98 Å². The molecule has 0 bridgehead atoms. The number of nitrogens with zero attached hydrogens (tertiary/aromatic N) is 1. The maximum absolute atomic E-state index is 4.93. The maximum atomic E-state index is 4.93. The average molecular weight is 336 g/mol. The molecule has 0 saturated carbocycles. The van der Waals surface area contributed by atoms with E-state index >= 15 is 0 Å². The van der Waals surface area contributed by atoms with E-state index in [0.717, 1.165) is 12.8 Å². The van der Waals surface area contributed by atoms with Crippen LogP contribution >= 0.6 is 0 Å². The molecule has 0 amide bonds. The van der Waals surface area contributed by atoms with Crippen molar-refractivity contribution in [2.24, 2.45) is 5.92 Å². The van der Waals surface area contributed by atoms with Crippen molar-refractivity contribution in [2.45, 2.75) is 79.1 Å². The first-order valence-electron chi connectivity index (χ1n) is 10.1. The van der Waals surface area contributed by atoms with Crippen molar-refractivity contribution in [1.29, 1.82) is 0 Å². The minimum Gasteiger partial charge on any atom is -0.256 e. The van der Waals surface area contributed by atoms with Gasteiger partial charge in [-0.1, -0.05) is 53.7 Å². The van der Waals surface area contributed by atoms with Gasteiger partial charge in [0.1, 0.15) is 0 Å². The number of aromatic nitrogens is 1. The quantitative estimate of drug-likeness (QED) is 0.593. The van der Waals surface area contributed by atoms with Gasteiger partial charge < -0.3 is 0 Å². The molecule has 25 heavy (non-hydrogen) atoms. The van der Waals surface area contributed by atoms with Crippen LogP contribution in [0.25, 0.3) is 11.3 Å². The van der Waals surface area contributed by atoms with Gasteiger partial charge in [-0.2, -0.15) is 0 Å². The second-order valence-electron chi connectivity index (χ2n) is 8.19. The second-order valence-corrected chi connectivity index (χ2v) is 8.19. The zero-order valence-corrected chi connectivity index (χ0v) is 16.8. The summed E-state index contributed by atoms with van der Waals surface area (Å²) in [7, 11) is 0. The third kappa shape index (κ3) is 3.26. The standard InChI is InChI=1S/C24H33N/c1-7-17-14-25-24(20(8-2)23(17)16(5)6)19-10-9-18-11-12-21(15(3)4)22(18)13-19/h9-10,13-16,21H,7-8,11-12H2,1-6H3. The highest BCUT2D eigenvalue weighted by Gasteiger charge is 2.26. The molecule has 3 rings (SSSR count). The van der Waals surface area contributed by atoms with Gasteiger partial charge >= 0.3 is 0 Å². The fraction of sp³-hybridized carbons (Fsp3) is 0.542. The van der Waals surface area contributed by atoms with Gasteiger partial charge in [0.05, 0.1) is 5.69 Å². The first kappa shape index (κ1) is 18.2. The van der Waals surface area contributed by atoms with Crippen molar-refractivity contribution >= 4 is 0 Å². The fourth-order valence-corrected chi connectivity index (χ4v) is 4.69. The lowest BCUT2D eigenvalue weighted by Gasteiger charge is -2.21. The van der Waals surface area contributed by atoms with E-state index < -0.39 is 0 Å². The zero-order valence-electron chi connectivity index (χ0n) is 16.8.